The summed E-state index contributed by atoms with van der Waals surface area (Å²) in [5, 5.41) is 15.2. The second-order valence-electron chi connectivity index (χ2n) is 9.02. The third-order valence-electron chi connectivity index (χ3n) is 5.46. The van der Waals surface area contributed by atoms with Crippen molar-refractivity contribution in [3.8, 4) is 5.75 Å². The number of halogens is 3. The van der Waals surface area contributed by atoms with Crippen molar-refractivity contribution in [1.82, 2.24) is 14.9 Å². The molecule has 0 aliphatic rings. The standard InChI is InChI=1S/C28H34Cl2FN5O6/c1-36(2)5-3-4-27(38)34-25-14-19-23(17-26(25)42-13-12-41-11-10-40-9-8-39-7-6-37)32-18-33-28(19)35-24-16-21(30)20(29)15-22(24)31/h3-4,14-18,37H,5-13H2,1-2H3,(H,34,38)(H,32,33,35)/b4-3+/i1-1. The zero-order chi connectivity index (χ0) is 30.3. The van der Waals surface area contributed by atoms with Crippen LogP contribution in [0.15, 0.2) is 42.7 Å². The first-order chi connectivity index (χ1) is 20.3. The Hall–Kier alpha value is -3.10. The van der Waals surface area contributed by atoms with Crippen LogP contribution in [0.25, 0.3) is 10.9 Å². The number of nitrogens with zero attached hydrogens (tertiary/aromatic N) is 3. The molecule has 0 aliphatic heterocycles. The van der Waals surface area contributed by atoms with Gasteiger partial charge in [-0.1, -0.05) is 29.3 Å². The number of amides is 1. The molecule has 3 N–H and O–H groups in total. The highest BCUT2D eigenvalue weighted by Crippen LogP contribution is 2.35. The lowest BCUT2D eigenvalue weighted by Crippen LogP contribution is -2.15. The highest BCUT2D eigenvalue weighted by atomic mass is 35.5. The number of hydrogen-bond donors (Lipinski definition) is 3. The number of hydrogen-bond acceptors (Lipinski definition) is 10. The SMILES string of the molecule is CN([11CH3])C/C=C/C(=O)Nc1cc2c(Nc3cc(Cl)c(Cl)cc3F)ncnc2cc1OCCOCCOCCOCCO. The quantitative estimate of drug-likeness (QED) is 0.107. The summed E-state index contributed by atoms with van der Waals surface area (Å²) >= 11 is 12.0. The zero-order valence-corrected chi connectivity index (χ0v) is 24.9. The summed E-state index contributed by atoms with van der Waals surface area (Å²) in [7, 11) is 3.79. The van der Waals surface area contributed by atoms with E-state index in [1.54, 1.807) is 18.2 Å². The number of likely N-dealkylation sites (N-methyl/N-ethyl adjacent to an activating group) is 1. The van der Waals surface area contributed by atoms with E-state index < -0.39 is 5.82 Å². The van der Waals surface area contributed by atoms with Crippen molar-refractivity contribution >= 4 is 57.2 Å². The first-order valence-corrected chi connectivity index (χ1v) is 13.8. The molecule has 42 heavy (non-hydrogen) atoms. The lowest BCUT2D eigenvalue weighted by atomic mass is 10.1. The van der Waals surface area contributed by atoms with Gasteiger partial charge in [0, 0.05) is 24.1 Å². The molecule has 0 unspecified atom stereocenters. The summed E-state index contributed by atoms with van der Waals surface area (Å²) in [6.45, 7) is 2.83. The van der Waals surface area contributed by atoms with E-state index in [1.165, 1.54) is 18.5 Å². The third kappa shape index (κ3) is 11.0. The first-order valence-electron chi connectivity index (χ1n) is 13.1. The molecule has 0 bridgehead atoms. The van der Waals surface area contributed by atoms with Crippen LogP contribution in [0, 0.1) is 5.82 Å². The van der Waals surface area contributed by atoms with Crippen molar-refractivity contribution in [3.05, 3.63) is 58.6 Å². The average Bonchev–Trinajstić information content (AvgIpc) is 2.95. The molecule has 11 nitrogen and oxygen atoms in total. The Morgan fingerprint density at radius 3 is 2.31 bits per heavy atom. The molecule has 1 heterocycles. The van der Waals surface area contributed by atoms with Gasteiger partial charge in [-0.25, -0.2) is 14.4 Å². The van der Waals surface area contributed by atoms with Crippen LogP contribution in [-0.2, 0) is 19.0 Å². The number of benzene rings is 2. The van der Waals surface area contributed by atoms with Crippen molar-refractivity contribution in [2.75, 3.05) is 84.1 Å². The molecule has 2 aromatic carbocycles. The molecular formula is C28H34Cl2FN5O6. The van der Waals surface area contributed by atoms with Crippen LogP contribution >= 0.6 is 23.2 Å². The minimum absolute atomic E-state index is 0.0252. The van der Waals surface area contributed by atoms with Crippen molar-refractivity contribution < 1.29 is 33.2 Å². The van der Waals surface area contributed by atoms with Gasteiger partial charge in [-0.2, -0.15) is 0 Å². The number of aliphatic hydroxyl groups is 1. The number of nitrogens with one attached hydrogen (secondary N) is 2. The van der Waals surface area contributed by atoms with Crippen molar-refractivity contribution in [3.63, 3.8) is 0 Å². The summed E-state index contributed by atoms with van der Waals surface area (Å²) in [6.07, 6.45) is 4.48. The number of anilines is 3. The maximum absolute atomic E-state index is 14.6. The molecule has 1 amide bonds. The molecule has 3 aromatic rings. The molecule has 0 saturated heterocycles. The van der Waals surface area contributed by atoms with E-state index in [2.05, 4.69) is 20.6 Å². The molecule has 3 rings (SSSR count). The van der Waals surface area contributed by atoms with Gasteiger partial charge >= 0.3 is 0 Å². The van der Waals surface area contributed by atoms with Gasteiger partial charge in [0.2, 0.25) is 5.91 Å². The van der Waals surface area contributed by atoms with Crippen LogP contribution in [0.4, 0.5) is 21.6 Å². The van der Waals surface area contributed by atoms with Crippen molar-refractivity contribution in [1.29, 1.82) is 0 Å². The van der Waals surface area contributed by atoms with Crippen LogP contribution in [0.2, 0.25) is 10.0 Å². The number of aliphatic hydroxyl groups excluding tert-OH is 1. The van der Waals surface area contributed by atoms with E-state index in [0.717, 1.165) is 6.07 Å². The molecule has 0 fully saturated rings. The van der Waals surface area contributed by atoms with E-state index >= 15 is 0 Å². The van der Waals surface area contributed by atoms with Gasteiger partial charge in [-0.15, -0.1) is 0 Å². The minimum Gasteiger partial charge on any atom is -0.489 e. The Bertz CT molecular complexity index is 1350. The second-order valence-corrected chi connectivity index (χ2v) is 9.84. The summed E-state index contributed by atoms with van der Waals surface area (Å²) in [4.78, 5) is 23.2. The molecule has 0 atom stereocenters. The predicted octanol–water partition coefficient (Wildman–Crippen LogP) is 4.30. The monoisotopic (exact) mass is 624 g/mol. The lowest BCUT2D eigenvalue weighted by Gasteiger charge is -2.15. The van der Waals surface area contributed by atoms with Crippen LogP contribution in [-0.4, -0.2) is 99.4 Å². The molecular weight excluding hydrogens is 591 g/mol. The van der Waals surface area contributed by atoms with Crippen molar-refractivity contribution in [2.45, 2.75) is 0 Å². The summed E-state index contributed by atoms with van der Waals surface area (Å²) in [6, 6.07) is 5.77. The fraction of sp³-hybridized carbons (Fsp3) is 0.393. The maximum atomic E-state index is 14.6. The largest absolute Gasteiger partial charge is 0.489 e. The Labute approximate surface area is 253 Å². The number of ether oxygens (including phenoxy) is 4. The Balaban J connectivity index is 1.73. The number of aromatic nitrogens is 2. The molecule has 14 heteroatoms. The molecule has 1 aromatic heterocycles. The fourth-order valence-corrected chi connectivity index (χ4v) is 3.82. The molecule has 228 valence electrons. The van der Waals surface area contributed by atoms with E-state index in [0.29, 0.717) is 55.3 Å². The van der Waals surface area contributed by atoms with Crippen LogP contribution < -0.4 is 15.4 Å². The summed E-state index contributed by atoms with van der Waals surface area (Å²) in [5.74, 6) is -0.328. The van der Waals surface area contributed by atoms with Crippen molar-refractivity contribution in [2.24, 2.45) is 0 Å². The van der Waals surface area contributed by atoms with Gasteiger partial charge in [-0.3, -0.25) is 4.79 Å². The van der Waals surface area contributed by atoms with Gasteiger partial charge in [-0.05, 0) is 32.3 Å². The van der Waals surface area contributed by atoms with E-state index in [1.807, 2.05) is 19.0 Å². The van der Waals surface area contributed by atoms with Gasteiger partial charge in [0.05, 0.1) is 73.2 Å². The molecule has 0 saturated carbocycles. The summed E-state index contributed by atoms with van der Waals surface area (Å²) in [5.41, 5.74) is 0.920. The molecule has 0 spiro atoms. The highest BCUT2D eigenvalue weighted by molar-refractivity contribution is 6.42. The number of carbonyl (C=O) groups excluding carboxylic acids is 1. The van der Waals surface area contributed by atoms with Gasteiger partial charge in [0.1, 0.15) is 30.3 Å². The van der Waals surface area contributed by atoms with E-state index in [9.17, 15) is 9.18 Å². The molecule has 0 aliphatic carbocycles. The Morgan fingerprint density at radius 2 is 1.62 bits per heavy atom. The van der Waals surface area contributed by atoms with Crippen LogP contribution in [0.5, 0.6) is 5.75 Å². The van der Waals surface area contributed by atoms with Gasteiger partial charge < -0.3 is 39.6 Å². The third-order valence-corrected chi connectivity index (χ3v) is 6.18. The smallest absolute Gasteiger partial charge is 0.248 e. The number of fused-ring (bicyclic) bond motifs is 1. The highest BCUT2D eigenvalue weighted by Gasteiger charge is 2.15. The summed E-state index contributed by atoms with van der Waals surface area (Å²) < 4.78 is 36.6. The predicted molar refractivity (Wildman–Crippen MR) is 161 cm³/mol. The first kappa shape index (κ1) is 33.4. The fourth-order valence-electron chi connectivity index (χ4n) is 3.51. The van der Waals surface area contributed by atoms with Gasteiger partial charge in [0.25, 0.3) is 0 Å². The minimum atomic E-state index is -0.615. The zero-order valence-electron chi connectivity index (χ0n) is 23.4. The van der Waals surface area contributed by atoms with Crippen LogP contribution in [0.1, 0.15) is 0 Å². The van der Waals surface area contributed by atoms with E-state index in [4.69, 9.17) is 47.3 Å². The van der Waals surface area contributed by atoms with E-state index in [-0.39, 0.29) is 53.9 Å². The Kier molecular flexibility index (Phi) is 14.1. The Morgan fingerprint density at radius 1 is 0.952 bits per heavy atom. The number of carbonyl (C=O) groups is 1. The molecule has 0 radical (unpaired) electrons. The second kappa shape index (κ2) is 17.8. The van der Waals surface area contributed by atoms with Gasteiger partial charge in [0.15, 0.2) is 0 Å². The number of rotatable bonds is 18. The maximum Gasteiger partial charge on any atom is 0.248 e. The van der Waals surface area contributed by atoms with Crippen LogP contribution in [0.3, 0.4) is 0 Å². The lowest BCUT2D eigenvalue weighted by molar-refractivity contribution is -0.111. The normalized spacial score (nSPS) is 11.5. The topological polar surface area (TPSA) is 127 Å². The average molecular weight is 626 g/mol.